The summed E-state index contributed by atoms with van der Waals surface area (Å²) in [5.41, 5.74) is 2.67. The van der Waals surface area contributed by atoms with Crippen LogP contribution in [0, 0.1) is 6.92 Å². The van der Waals surface area contributed by atoms with E-state index in [0.717, 1.165) is 23.9 Å². The lowest BCUT2D eigenvalue weighted by Crippen LogP contribution is -2.35. The second kappa shape index (κ2) is 7.27. The molecule has 1 N–H and O–H groups in total. The first kappa shape index (κ1) is 16.5. The van der Waals surface area contributed by atoms with Gasteiger partial charge in [-0.3, -0.25) is 0 Å². The Morgan fingerprint density at radius 2 is 2.00 bits per heavy atom. The fourth-order valence-electron chi connectivity index (χ4n) is 1.56. The normalized spacial score (nSPS) is 12.2. The van der Waals surface area contributed by atoms with Gasteiger partial charge in [0.25, 0.3) is 0 Å². The summed E-state index contributed by atoms with van der Waals surface area (Å²) in [6.45, 7) is 10.6. The van der Waals surface area contributed by atoms with Crippen LogP contribution in [-0.4, -0.2) is 41.8 Å². The van der Waals surface area contributed by atoms with Crippen molar-refractivity contribution in [3.63, 3.8) is 0 Å². The van der Waals surface area contributed by atoms with E-state index < -0.39 is 0 Å². The molecule has 0 unspecified atom stereocenters. The molecule has 1 heterocycles. The first-order chi connectivity index (χ1) is 8.78. The SMILES string of the molecule is Cc1cc(CNC(C)(C)C)cnc1SCCN(C)C. The monoisotopic (exact) mass is 281 g/mol. The molecule has 1 aromatic rings. The van der Waals surface area contributed by atoms with Crippen molar-refractivity contribution < 1.29 is 0 Å². The molecule has 0 aliphatic heterocycles. The van der Waals surface area contributed by atoms with Crippen LogP contribution in [0.1, 0.15) is 31.9 Å². The van der Waals surface area contributed by atoms with E-state index in [2.05, 4.69) is 63.1 Å². The Bertz CT molecular complexity index is 397. The highest BCUT2D eigenvalue weighted by Gasteiger charge is 2.09. The van der Waals surface area contributed by atoms with Crippen molar-refractivity contribution in [2.24, 2.45) is 0 Å². The number of rotatable bonds is 6. The molecule has 1 aromatic heterocycles. The van der Waals surface area contributed by atoms with Crippen molar-refractivity contribution in [1.29, 1.82) is 0 Å². The Labute approximate surface area is 122 Å². The maximum atomic E-state index is 4.58. The molecular formula is C15H27N3S. The predicted octanol–water partition coefficient (Wildman–Crippen LogP) is 2.93. The zero-order valence-corrected chi connectivity index (χ0v) is 13.9. The van der Waals surface area contributed by atoms with Gasteiger partial charge in [0.05, 0.1) is 5.03 Å². The van der Waals surface area contributed by atoms with Crippen molar-refractivity contribution in [1.82, 2.24) is 15.2 Å². The smallest absolute Gasteiger partial charge is 0.0989 e. The summed E-state index contributed by atoms with van der Waals surface area (Å²) in [4.78, 5) is 6.78. The number of hydrogen-bond acceptors (Lipinski definition) is 4. The highest BCUT2D eigenvalue weighted by molar-refractivity contribution is 7.99. The number of aromatic nitrogens is 1. The minimum absolute atomic E-state index is 0.146. The third-order valence-corrected chi connectivity index (χ3v) is 3.77. The molecule has 0 saturated heterocycles. The molecule has 108 valence electrons. The highest BCUT2D eigenvalue weighted by Crippen LogP contribution is 2.20. The van der Waals surface area contributed by atoms with Crippen LogP contribution in [0.5, 0.6) is 0 Å². The minimum atomic E-state index is 0.146. The van der Waals surface area contributed by atoms with E-state index in [1.807, 2.05) is 18.0 Å². The molecule has 0 amide bonds. The Morgan fingerprint density at radius 1 is 1.32 bits per heavy atom. The maximum absolute atomic E-state index is 4.58. The zero-order valence-electron chi connectivity index (χ0n) is 13.1. The lowest BCUT2D eigenvalue weighted by atomic mass is 10.1. The van der Waals surface area contributed by atoms with E-state index in [1.54, 1.807) is 0 Å². The topological polar surface area (TPSA) is 28.2 Å². The van der Waals surface area contributed by atoms with Crippen LogP contribution >= 0.6 is 11.8 Å². The Kier molecular flexibility index (Phi) is 6.30. The van der Waals surface area contributed by atoms with Gasteiger partial charge in [0.1, 0.15) is 0 Å². The number of pyridine rings is 1. The van der Waals surface area contributed by atoms with Gasteiger partial charge in [-0.1, -0.05) is 6.07 Å². The third-order valence-electron chi connectivity index (χ3n) is 2.69. The van der Waals surface area contributed by atoms with Crippen molar-refractivity contribution in [3.8, 4) is 0 Å². The minimum Gasteiger partial charge on any atom is -0.309 e. The van der Waals surface area contributed by atoms with Gasteiger partial charge in [-0.2, -0.15) is 0 Å². The highest BCUT2D eigenvalue weighted by atomic mass is 32.2. The van der Waals surface area contributed by atoms with E-state index in [1.165, 1.54) is 11.1 Å². The summed E-state index contributed by atoms with van der Waals surface area (Å²) in [5, 5.41) is 4.64. The lowest BCUT2D eigenvalue weighted by Gasteiger charge is -2.20. The van der Waals surface area contributed by atoms with Crippen LogP contribution in [0.2, 0.25) is 0 Å². The fraction of sp³-hybridized carbons (Fsp3) is 0.667. The van der Waals surface area contributed by atoms with E-state index in [9.17, 15) is 0 Å². The summed E-state index contributed by atoms with van der Waals surface area (Å²) in [5.74, 6) is 1.08. The molecule has 1 rings (SSSR count). The lowest BCUT2D eigenvalue weighted by molar-refractivity contribution is 0.424. The van der Waals surface area contributed by atoms with Gasteiger partial charge in [0.2, 0.25) is 0 Å². The Hall–Kier alpha value is -0.580. The van der Waals surface area contributed by atoms with Gasteiger partial charge in [0, 0.05) is 30.6 Å². The zero-order chi connectivity index (χ0) is 14.5. The van der Waals surface area contributed by atoms with Gasteiger partial charge < -0.3 is 10.2 Å². The van der Waals surface area contributed by atoms with Gasteiger partial charge in [-0.25, -0.2) is 4.98 Å². The predicted molar refractivity (Wildman–Crippen MR) is 84.8 cm³/mol. The van der Waals surface area contributed by atoms with E-state index in [4.69, 9.17) is 0 Å². The summed E-state index contributed by atoms with van der Waals surface area (Å²) in [6, 6.07) is 2.24. The van der Waals surface area contributed by atoms with Crippen LogP contribution in [0.15, 0.2) is 17.3 Å². The second-order valence-electron chi connectivity index (χ2n) is 6.22. The molecule has 0 radical (unpaired) electrons. The Balaban J connectivity index is 2.54. The molecule has 3 nitrogen and oxygen atoms in total. The van der Waals surface area contributed by atoms with E-state index >= 15 is 0 Å². The number of nitrogens with one attached hydrogen (secondary N) is 1. The number of nitrogens with zero attached hydrogens (tertiary/aromatic N) is 2. The van der Waals surface area contributed by atoms with Crippen LogP contribution < -0.4 is 5.32 Å². The van der Waals surface area contributed by atoms with Crippen molar-refractivity contribution in [2.75, 3.05) is 26.4 Å². The summed E-state index contributed by atoms with van der Waals surface area (Å²) >= 11 is 1.83. The average Bonchev–Trinajstić information content (AvgIpc) is 2.27. The van der Waals surface area contributed by atoms with Crippen LogP contribution in [0.25, 0.3) is 0 Å². The summed E-state index contributed by atoms with van der Waals surface area (Å²) in [6.07, 6.45) is 1.99. The first-order valence-electron chi connectivity index (χ1n) is 6.76. The number of hydrogen-bond donors (Lipinski definition) is 1. The van der Waals surface area contributed by atoms with E-state index in [-0.39, 0.29) is 5.54 Å². The van der Waals surface area contributed by atoms with Crippen molar-refractivity contribution in [2.45, 2.75) is 44.8 Å². The molecule has 0 aliphatic carbocycles. The second-order valence-corrected chi connectivity index (χ2v) is 7.30. The number of thioether (sulfide) groups is 1. The summed E-state index contributed by atoms with van der Waals surface area (Å²) in [7, 11) is 4.20. The van der Waals surface area contributed by atoms with Gasteiger partial charge >= 0.3 is 0 Å². The average molecular weight is 281 g/mol. The van der Waals surface area contributed by atoms with Crippen LogP contribution in [0.3, 0.4) is 0 Å². The van der Waals surface area contributed by atoms with Gasteiger partial charge in [-0.05, 0) is 52.9 Å². The molecule has 0 fully saturated rings. The van der Waals surface area contributed by atoms with Gasteiger partial charge in [0.15, 0.2) is 0 Å². The molecule has 0 spiro atoms. The molecule has 0 aromatic carbocycles. The standard InChI is InChI=1S/C15H27N3S/c1-12-9-13(11-17-15(2,3)4)10-16-14(12)19-8-7-18(5)6/h9-10,17H,7-8,11H2,1-6H3. The maximum Gasteiger partial charge on any atom is 0.0989 e. The van der Waals surface area contributed by atoms with Crippen molar-refractivity contribution >= 4 is 11.8 Å². The third kappa shape index (κ3) is 6.95. The molecular weight excluding hydrogens is 254 g/mol. The largest absolute Gasteiger partial charge is 0.309 e. The first-order valence-corrected chi connectivity index (χ1v) is 7.74. The van der Waals surface area contributed by atoms with Crippen LogP contribution in [-0.2, 0) is 6.54 Å². The van der Waals surface area contributed by atoms with Crippen LogP contribution in [0.4, 0.5) is 0 Å². The fourth-order valence-corrected chi connectivity index (χ4v) is 2.62. The molecule has 0 saturated carbocycles. The Morgan fingerprint density at radius 3 is 2.53 bits per heavy atom. The molecule has 19 heavy (non-hydrogen) atoms. The molecule has 0 aliphatic rings. The molecule has 0 atom stereocenters. The number of aryl methyl sites for hydroxylation is 1. The van der Waals surface area contributed by atoms with Gasteiger partial charge in [-0.15, -0.1) is 11.8 Å². The van der Waals surface area contributed by atoms with Crippen molar-refractivity contribution in [3.05, 3.63) is 23.4 Å². The molecule has 4 heteroatoms. The quantitative estimate of drug-likeness (QED) is 0.812. The van der Waals surface area contributed by atoms with E-state index in [0.29, 0.717) is 0 Å². The molecule has 0 bridgehead atoms. The summed E-state index contributed by atoms with van der Waals surface area (Å²) < 4.78 is 0.